The molecule has 0 spiro atoms. The number of anilines is 2. The Morgan fingerprint density at radius 1 is 0.923 bits per heavy atom. The van der Waals surface area contributed by atoms with Crippen LogP contribution in [0.15, 0.2) is 42.5 Å². The lowest BCUT2D eigenvalue weighted by molar-refractivity contribution is -0.120. The molecule has 0 bridgehead atoms. The Morgan fingerprint density at radius 2 is 1.54 bits per heavy atom. The second-order valence-corrected chi connectivity index (χ2v) is 6.12. The molecule has 1 amide bonds. The van der Waals surface area contributed by atoms with E-state index in [1.54, 1.807) is 14.2 Å². The van der Waals surface area contributed by atoms with Gasteiger partial charge in [-0.3, -0.25) is 4.79 Å². The van der Waals surface area contributed by atoms with Crippen molar-refractivity contribution in [1.82, 2.24) is 0 Å². The first-order valence-electron chi connectivity index (χ1n) is 8.96. The number of hydrogen-bond acceptors (Lipinski definition) is 4. The molecule has 2 rings (SSSR count). The Kier molecular flexibility index (Phi) is 7.33. The minimum absolute atomic E-state index is 0.0675. The largest absolute Gasteiger partial charge is 0.493 e. The molecule has 0 saturated carbocycles. The summed E-state index contributed by atoms with van der Waals surface area (Å²) in [7, 11) is 3.25. The average Bonchev–Trinajstić information content (AvgIpc) is 2.68. The zero-order valence-corrected chi connectivity index (χ0v) is 16.0. The van der Waals surface area contributed by atoms with Crippen LogP contribution in [-0.4, -0.2) is 20.1 Å². The monoisotopic (exact) mass is 356 g/mol. The van der Waals surface area contributed by atoms with Gasteiger partial charge in [-0.25, -0.2) is 0 Å². The molecular weight excluding hydrogens is 328 g/mol. The summed E-state index contributed by atoms with van der Waals surface area (Å²) in [6, 6.07) is 13.6. The lowest BCUT2D eigenvalue weighted by atomic mass is 10.0. The van der Waals surface area contributed by atoms with Gasteiger partial charge in [0.25, 0.3) is 0 Å². The number of amides is 1. The van der Waals surface area contributed by atoms with E-state index in [0.717, 1.165) is 29.8 Å². The fraction of sp³-hybridized carbons (Fsp3) is 0.381. The molecule has 0 radical (unpaired) electrons. The molecule has 0 atom stereocenters. The van der Waals surface area contributed by atoms with Gasteiger partial charge in [-0.1, -0.05) is 19.9 Å². The summed E-state index contributed by atoms with van der Waals surface area (Å²) in [5, 5.41) is 6.34. The summed E-state index contributed by atoms with van der Waals surface area (Å²) >= 11 is 0. The highest BCUT2D eigenvalue weighted by molar-refractivity contribution is 5.92. The van der Waals surface area contributed by atoms with Crippen LogP contribution in [0.5, 0.6) is 11.5 Å². The van der Waals surface area contributed by atoms with Gasteiger partial charge < -0.3 is 20.1 Å². The van der Waals surface area contributed by atoms with Crippen molar-refractivity contribution in [2.24, 2.45) is 5.92 Å². The highest BCUT2D eigenvalue weighted by Gasteiger charge is 2.13. The van der Waals surface area contributed by atoms with Crippen molar-refractivity contribution in [2.45, 2.75) is 33.2 Å². The SMILES string of the molecule is CCC(CC)C(=O)Nc1ccc(NCc2ccc(OC)c(OC)c2)cc1. The number of rotatable bonds is 9. The summed E-state index contributed by atoms with van der Waals surface area (Å²) in [4.78, 5) is 12.1. The van der Waals surface area contributed by atoms with Gasteiger partial charge in [-0.2, -0.15) is 0 Å². The van der Waals surface area contributed by atoms with E-state index in [4.69, 9.17) is 9.47 Å². The molecule has 0 aliphatic rings. The minimum atomic E-state index is 0.0675. The maximum Gasteiger partial charge on any atom is 0.227 e. The highest BCUT2D eigenvalue weighted by Crippen LogP contribution is 2.28. The molecule has 0 aliphatic carbocycles. The van der Waals surface area contributed by atoms with Crippen LogP contribution >= 0.6 is 0 Å². The molecule has 26 heavy (non-hydrogen) atoms. The Bertz CT molecular complexity index is 710. The summed E-state index contributed by atoms with van der Waals surface area (Å²) in [5.74, 6) is 1.58. The number of ether oxygens (including phenoxy) is 2. The van der Waals surface area contributed by atoms with Crippen LogP contribution in [0, 0.1) is 5.92 Å². The van der Waals surface area contributed by atoms with Gasteiger partial charge in [-0.05, 0) is 54.8 Å². The van der Waals surface area contributed by atoms with Crippen molar-refractivity contribution in [3.05, 3.63) is 48.0 Å². The van der Waals surface area contributed by atoms with Gasteiger partial charge in [0.05, 0.1) is 14.2 Å². The topological polar surface area (TPSA) is 59.6 Å². The van der Waals surface area contributed by atoms with Gasteiger partial charge in [0.2, 0.25) is 5.91 Å². The smallest absolute Gasteiger partial charge is 0.227 e. The van der Waals surface area contributed by atoms with E-state index in [1.165, 1.54) is 0 Å². The van der Waals surface area contributed by atoms with Crippen LogP contribution in [0.1, 0.15) is 32.3 Å². The molecule has 5 nitrogen and oxygen atoms in total. The van der Waals surface area contributed by atoms with Crippen LogP contribution in [-0.2, 0) is 11.3 Å². The van der Waals surface area contributed by atoms with E-state index in [1.807, 2.05) is 56.3 Å². The fourth-order valence-electron chi connectivity index (χ4n) is 2.77. The highest BCUT2D eigenvalue weighted by atomic mass is 16.5. The number of benzene rings is 2. The first kappa shape index (κ1) is 19.6. The van der Waals surface area contributed by atoms with Crippen molar-refractivity contribution in [3.8, 4) is 11.5 Å². The van der Waals surface area contributed by atoms with Crippen molar-refractivity contribution in [2.75, 3.05) is 24.9 Å². The van der Waals surface area contributed by atoms with Crippen molar-refractivity contribution < 1.29 is 14.3 Å². The van der Waals surface area contributed by atoms with Crippen LogP contribution in [0.2, 0.25) is 0 Å². The number of hydrogen-bond donors (Lipinski definition) is 2. The molecule has 0 saturated heterocycles. The van der Waals surface area contributed by atoms with Gasteiger partial charge in [0, 0.05) is 23.8 Å². The molecular formula is C21H28N2O3. The van der Waals surface area contributed by atoms with Crippen molar-refractivity contribution in [1.29, 1.82) is 0 Å². The molecule has 0 fully saturated rings. The van der Waals surface area contributed by atoms with Crippen LogP contribution in [0.3, 0.4) is 0 Å². The van der Waals surface area contributed by atoms with E-state index < -0.39 is 0 Å². The molecule has 140 valence electrons. The predicted molar refractivity (Wildman–Crippen MR) is 106 cm³/mol. The minimum Gasteiger partial charge on any atom is -0.493 e. The molecule has 5 heteroatoms. The number of methoxy groups -OCH3 is 2. The molecule has 2 aromatic carbocycles. The third-order valence-corrected chi connectivity index (χ3v) is 4.45. The van der Waals surface area contributed by atoms with Crippen molar-refractivity contribution >= 4 is 17.3 Å². The standard InChI is InChI=1S/C21H28N2O3/c1-5-16(6-2)21(24)23-18-10-8-17(9-11-18)22-14-15-7-12-19(25-3)20(13-15)26-4/h7-13,16,22H,5-6,14H2,1-4H3,(H,23,24). The lowest BCUT2D eigenvalue weighted by Crippen LogP contribution is -2.21. The first-order valence-corrected chi connectivity index (χ1v) is 8.96. The van der Waals surface area contributed by atoms with Gasteiger partial charge in [-0.15, -0.1) is 0 Å². The third kappa shape index (κ3) is 5.15. The number of nitrogens with one attached hydrogen (secondary N) is 2. The zero-order valence-electron chi connectivity index (χ0n) is 16.0. The maximum absolute atomic E-state index is 12.1. The zero-order chi connectivity index (χ0) is 18.9. The average molecular weight is 356 g/mol. The molecule has 2 N–H and O–H groups in total. The molecule has 0 heterocycles. The van der Waals surface area contributed by atoms with Crippen LogP contribution in [0.25, 0.3) is 0 Å². The first-order chi connectivity index (χ1) is 12.6. The lowest BCUT2D eigenvalue weighted by Gasteiger charge is -2.14. The second kappa shape index (κ2) is 9.70. The summed E-state index contributed by atoms with van der Waals surface area (Å²) in [6.07, 6.45) is 1.71. The molecule has 0 aliphatic heterocycles. The molecule has 0 aromatic heterocycles. The van der Waals surface area contributed by atoms with Crippen molar-refractivity contribution in [3.63, 3.8) is 0 Å². The summed E-state index contributed by atoms with van der Waals surface area (Å²) in [5.41, 5.74) is 2.90. The molecule has 0 unspecified atom stereocenters. The Morgan fingerprint density at radius 3 is 2.12 bits per heavy atom. The summed E-state index contributed by atoms with van der Waals surface area (Å²) < 4.78 is 10.6. The van der Waals surface area contributed by atoms with Gasteiger partial charge >= 0.3 is 0 Å². The molecule has 2 aromatic rings. The van der Waals surface area contributed by atoms with Gasteiger partial charge in [0.15, 0.2) is 11.5 Å². The third-order valence-electron chi connectivity index (χ3n) is 4.45. The number of carbonyl (C=O) groups excluding carboxylic acids is 1. The van der Waals surface area contributed by atoms with Gasteiger partial charge in [0.1, 0.15) is 0 Å². The normalized spacial score (nSPS) is 10.5. The quantitative estimate of drug-likeness (QED) is 0.684. The van der Waals surface area contributed by atoms with E-state index >= 15 is 0 Å². The maximum atomic E-state index is 12.1. The Labute approximate surface area is 155 Å². The second-order valence-electron chi connectivity index (χ2n) is 6.12. The van der Waals surface area contributed by atoms with Crippen LogP contribution < -0.4 is 20.1 Å². The van der Waals surface area contributed by atoms with E-state index in [9.17, 15) is 4.79 Å². The predicted octanol–water partition coefficient (Wildman–Crippen LogP) is 4.69. The van der Waals surface area contributed by atoms with E-state index in [-0.39, 0.29) is 11.8 Å². The summed E-state index contributed by atoms with van der Waals surface area (Å²) in [6.45, 7) is 4.74. The van der Waals surface area contributed by atoms with E-state index in [2.05, 4.69) is 10.6 Å². The fourth-order valence-corrected chi connectivity index (χ4v) is 2.77. The number of carbonyl (C=O) groups is 1. The Hall–Kier alpha value is -2.69. The van der Waals surface area contributed by atoms with E-state index in [0.29, 0.717) is 18.0 Å². The van der Waals surface area contributed by atoms with Crippen LogP contribution in [0.4, 0.5) is 11.4 Å². The Balaban J connectivity index is 1.94.